The van der Waals surface area contributed by atoms with Gasteiger partial charge in [0.05, 0.1) is 27.0 Å². The summed E-state index contributed by atoms with van der Waals surface area (Å²) in [6, 6.07) is 0. The van der Waals surface area contributed by atoms with Crippen molar-refractivity contribution in [3.05, 3.63) is 0 Å². The quantitative estimate of drug-likeness (QED) is 0.393. The molecule has 0 aliphatic rings. The molecule has 0 aromatic rings. The maximum Gasteiger partial charge on any atom is 0.306 e. The topological polar surface area (TPSA) is 130 Å². The van der Waals surface area contributed by atoms with E-state index >= 15 is 0 Å². The van der Waals surface area contributed by atoms with Crippen molar-refractivity contribution in [2.45, 2.75) is 53.8 Å². The van der Waals surface area contributed by atoms with Gasteiger partial charge in [-0.15, -0.1) is 0 Å². The number of hydrogen-bond acceptors (Lipinski definition) is 8. The van der Waals surface area contributed by atoms with E-state index in [1.165, 1.54) is 34.8 Å². The van der Waals surface area contributed by atoms with Crippen LogP contribution < -0.4 is 5.73 Å². The van der Waals surface area contributed by atoms with Gasteiger partial charge in [0.25, 0.3) is 0 Å². The lowest BCUT2D eigenvalue weighted by atomic mass is 10.1. The predicted molar refractivity (Wildman–Crippen MR) is 118 cm³/mol. The molecule has 0 unspecified atom stereocenters. The van der Waals surface area contributed by atoms with Crippen LogP contribution >= 0.6 is 34.8 Å². The lowest BCUT2D eigenvalue weighted by Crippen LogP contribution is -2.11. The molecule has 0 aliphatic heterocycles. The summed E-state index contributed by atoms with van der Waals surface area (Å²) >= 11 is 15.1. The van der Waals surface area contributed by atoms with Gasteiger partial charge < -0.3 is 15.2 Å². The van der Waals surface area contributed by atoms with Gasteiger partial charge in [0.2, 0.25) is 15.7 Å². The van der Waals surface area contributed by atoms with Crippen LogP contribution in [0.3, 0.4) is 0 Å². The number of carbonyl (C=O) groups is 5. The molecule has 0 heterocycles. The molecule has 0 saturated carbocycles. The predicted octanol–water partition coefficient (Wildman–Crippen LogP) is 3.66. The van der Waals surface area contributed by atoms with Crippen LogP contribution in [-0.4, -0.2) is 48.4 Å². The summed E-state index contributed by atoms with van der Waals surface area (Å²) in [6.07, 6.45) is -4.56. The average Bonchev–Trinajstić information content (AvgIpc) is 2.70. The van der Waals surface area contributed by atoms with Gasteiger partial charge in [-0.25, -0.2) is 0 Å². The molecule has 0 fully saturated rings. The van der Waals surface area contributed by atoms with E-state index in [2.05, 4.69) is 15.2 Å². The molecule has 0 rings (SSSR count). The molecule has 0 aromatic heterocycles. The lowest BCUT2D eigenvalue weighted by molar-refractivity contribution is -0.143. The van der Waals surface area contributed by atoms with Crippen molar-refractivity contribution in [3.8, 4) is 0 Å². The Labute approximate surface area is 205 Å². The van der Waals surface area contributed by atoms with Gasteiger partial charge in [0.15, 0.2) is 0 Å². The lowest BCUT2D eigenvalue weighted by Gasteiger charge is -2.02. The van der Waals surface area contributed by atoms with Gasteiger partial charge in [-0.05, 0) is 47.7 Å². The van der Waals surface area contributed by atoms with Crippen LogP contribution in [0.2, 0.25) is 0 Å². The molecule has 8 nitrogen and oxygen atoms in total. The minimum atomic E-state index is -2.75. The molecule has 0 aliphatic carbocycles. The molecular weight excluding hydrogens is 461 g/mol. The highest BCUT2D eigenvalue weighted by Crippen LogP contribution is 2.07. The fourth-order valence-corrected chi connectivity index (χ4v) is 0.948. The summed E-state index contributed by atoms with van der Waals surface area (Å²) < 4.78 is 64.0. The molecule has 0 saturated heterocycles. The third-order valence-electron chi connectivity index (χ3n) is 2.52. The molecular formula is C19H34Cl3NO7. The molecule has 11 heteroatoms. The first-order chi connectivity index (χ1) is 16.4. The Kier molecular flexibility index (Phi) is 16.6. The molecule has 30 heavy (non-hydrogen) atoms. The molecule has 0 spiro atoms. The molecule has 0 aromatic carbocycles. The Balaban J connectivity index is -0.000000212. The van der Waals surface area contributed by atoms with Crippen molar-refractivity contribution in [1.29, 1.82) is 0 Å². The van der Waals surface area contributed by atoms with E-state index in [0.29, 0.717) is 0 Å². The second-order valence-corrected chi connectivity index (χ2v) is 5.98. The standard InChI is InChI=1S/2C6H9ClO3.C5H9ClO.C2H7N/c2*1-4(6(7)9)3-5(8)10-2;1-3-4(2)5(6)7;1-2-3/h2*4H,3H2,1-2H3;4H,3H2,1-2H3;2-3H2,1H3/t3*4-;/m000./s1/i3D2,4D;4D;3D2;2D2. The maximum absolute atomic E-state index is 10.9. The van der Waals surface area contributed by atoms with E-state index < -0.39 is 64.6 Å². The largest absolute Gasteiger partial charge is 0.469 e. The van der Waals surface area contributed by atoms with E-state index in [9.17, 15) is 24.0 Å². The highest BCUT2D eigenvalue weighted by Gasteiger charge is 2.15. The third-order valence-corrected chi connectivity index (χ3v) is 3.45. The van der Waals surface area contributed by atoms with Gasteiger partial charge in [0.1, 0.15) is 0 Å². The SMILES string of the molecule is [2H]C([2H])(C(=O)OC)[C@]([2H])(C)C(=O)Cl.[2H]C([2H])(C)N.[2H]C([2H])(C)[C@H](C)C(=O)Cl.[2H][C@](C)(CC(=O)OC)C(=O)Cl. The Morgan fingerprint density at radius 3 is 1.43 bits per heavy atom. The van der Waals surface area contributed by atoms with Gasteiger partial charge in [-0.1, -0.05) is 34.6 Å². The van der Waals surface area contributed by atoms with Crippen molar-refractivity contribution in [1.82, 2.24) is 0 Å². The second kappa shape index (κ2) is 24.1. The normalized spacial score (nSPS) is 19.4. The van der Waals surface area contributed by atoms with E-state index in [1.807, 2.05) is 0 Å². The summed E-state index contributed by atoms with van der Waals surface area (Å²) in [5.41, 5.74) is 4.69. The minimum Gasteiger partial charge on any atom is -0.469 e. The monoisotopic (exact) mass is 501 g/mol. The Hall–Kier alpha value is -1.22. The van der Waals surface area contributed by atoms with Crippen LogP contribution in [0, 0.1) is 17.7 Å². The zero-order valence-corrected chi connectivity index (χ0v) is 20.1. The highest BCUT2D eigenvalue weighted by atomic mass is 35.5. The summed E-state index contributed by atoms with van der Waals surface area (Å²) in [6.45, 7) is 4.78. The Morgan fingerprint density at radius 1 is 0.867 bits per heavy atom. The van der Waals surface area contributed by atoms with E-state index in [1.54, 1.807) is 0 Å². The molecule has 3 atom stereocenters. The number of esters is 2. The van der Waals surface area contributed by atoms with Gasteiger partial charge in [-0.2, -0.15) is 0 Å². The second-order valence-electron chi connectivity index (χ2n) is 4.93. The van der Waals surface area contributed by atoms with E-state index in [0.717, 1.165) is 14.0 Å². The Bertz CT molecular complexity index is 811. The number of rotatable bonds is 8. The molecule has 178 valence electrons. The highest BCUT2D eigenvalue weighted by molar-refractivity contribution is 6.64. The van der Waals surface area contributed by atoms with Crippen molar-refractivity contribution in [2.75, 3.05) is 20.7 Å². The van der Waals surface area contributed by atoms with Gasteiger partial charge >= 0.3 is 11.9 Å². The zero-order chi connectivity index (χ0) is 32.1. The fourth-order valence-electron chi connectivity index (χ4n) is 0.725. The van der Waals surface area contributed by atoms with Crippen molar-refractivity contribution in [2.24, 2.45) is 23.4 Å². The maximum atomic E-state index is 10.9. The third kappa shape index (κ3) is 29.0. The number of hydrogen-bond donors (Lipinski definition) is 1. The summed E-state index contributed by atoms with van der Waals surface area (Å²) in [4.78, 5) is 52.9. The van der Waals surface area contributed by atoms with E-state index in [-0.39, 0.29) is 6.42 Å². The number of methoxy groups -OCH3 is 2. The van der Waals surface area contributed by atoms with Crippen molar-refractivity contribution < 1.29 is 44.4 Å². The zero-order valence-electron chi connectivity index (χ0n) is 25.9. The van der Waals surface area contributed by atoms with Crippen LogP contribution in [0.1, 0.15) is 64.8 Å². The average molecular weight is 503 g/mol. The van der Waals surface area contributed by atoms with Crippen LogP contribution in [0.15, 0.2) is 0 Å². The van der Waals surface area contributed by atoms with Crippen LogP contribution in [0.25, 0.3) is 0 Å². The first-order valence-corrected chi connectivity index (χ1v) is 9.10. The Morgan fingerprint density at radius 2 is 1.23 bits per heavy atom. The summed E-state index contributed by atoms with van der Waals surface area (Å²) in [5, 5.41) is -2.73. The summed E-state index contributed by atoms with van der Waals surface area (Å²) in [5.74, 6) is -6.55. The molecule has 0 bridgehead atoms. The van der Waals surface area contributed by atoms with Crippen LogP contribution in [-0.2, 0) is 33.4 Å². The molecule has 0 amide bonds. The van der Waals surface area contributed by atoms with Crippen LogP contribution in [0.4, 0.5) is 0 Å². The minimum absolute atomic E-state index is 0.314. The van der Waals surface area contributed by atoms with Crippen LogP contribution in [0.5, 0.6) is 0 Å². The number of ether oxygens (including phenoxy) is 2. The number of halogens is 3. The number of carbonyl (C=O) groups excluding carboxylic acids is 5. The summed E-state index contributed by atoms with van der Waals surface area (Å²) in [7, 11) is 2.16. The fraction of sp³-hybridized carbons (Fsp3) is 0.737. The van der Waals surface area contributed by atoms with Gasteiger partial charge in [-0.3, -0.25) is 24.0 Å². The smallest absolute Gasteiger partial charge is 0.306 e. The van der Waals surface area contributed by atoms with Crippen molar-refractivity contribution in [3.63, 3.8) is 0 Å². The molecule has 2 N–H and O–H groups in total. The van der Waals surface area contributed by atoms with Crippen molar-refractivity contribution >= 4 is 62.5 Å². The van der Waals surface area contributed by atoms with Gasteiger partial charge in [0, 0.05) is 28.7 Å². The first-order valence-electron chi connectivity index (χ1n) is 12.0. The van der Waals surface area contributed by atoms with E-state index in [4.69, 9.17) is 45.8 Å². The number of nitrogens with two attached hydrogens (primary N) is 1. The molecule has 0 radical (unpaired) electrons. The first kappa shape index (κ1) is 20.7.